The molecule has 4 heterocycles. The highest BCUT2D eigenvalue weighted by molar-refractivity contribution is 6.00. The number of aromatic nitrogens is 3. The number of fused-ring (bicyclic) bond motifs is 4. The van der Waals surface area contributed by atoms with Crippen molar-refractivity contribution in [2.75, 3.05) is 38.2 Å². The molecule has 1 unspecified atom stereocenters. The van der Waals surface area contributed by atoms with Gasteiger partial charge in [0.05, 0.1) is 35.2 Å². The smallest absolute Gasteiger partial charge is 0.198 e. The molecule has 1 atom stereocenters. The van der Waals surface area contributed by atoms with Crippen molar-refractivity contribution in [3.05, 3.63) is 65.9 Å². The average molecular weight is 440 g/mol. The van der Waals surface area contributed by atoms with Gasteiger partial charge < -0.3 is 14.5 Å². The van der Waals surface area contributed by atoms with E-state index in [0.29, 0.717) is 29.4 Å². The molecule has 0 amide bonds. The Labute approximate surface area is 190 Å². The molecule has 0 aliphatic carbocycles. The second-order valence-electron chi connectivity index (χ2n) is 8.54. The molecule has 8 heteroatoms. The highest BCUT2D eigenvalue weighted by Crippen LogP contribution is 2.41. The third kappa shape index (κ3) is 3.20. The van der Waals surface area contributed by atoms with E-state index in [1.807, 2.05) is 12.1 Å². The van der Waals surface area contributed by atoms with E-state index in [0.717, 1.165) is 47.7 Å². The number of H-pyrrole nitrogens is 1. The van der Waals surface area contributed by atoms with Gasteiger partial charge in [0.2, 0.25) is 0 Å². The molecular formula is C25H21FN6O. The maximum absolute atomic E-state index is 14.5. The average Bonchev–Trinajstić information content (AvgIpc) is 3.25. The van der Waals surface area contributed by atoms with Crippen molar-refractivity contribution in [1.82, 2.24) is 20.1 Å². The highest BCUT2D eigenvalue weighted by atomic mass is 19.1. The number of rotatable bonds is 2. The zero-order valence-electron chi connectivity index (χ0n) is 18.0. The molecule has 0 spiro atoms. The maximum atomic E-state index is 14.5. The van der Waals surface area contributed by atoms with Crippen LogP contribution in [-0.4, -0.2) is 59.4 Å². The third-order valence-corrected chi connectivity index (χ3v) is 6.47. The second kappa shape index (κ2) is 7.57. The van der Waals surface area contributed by atoms with Crippen molar-refractivity contribution in [2.45, 2.75) is 6.04 Å². The lowest BCUT2D eigenvalue weighted by molar-refractivity contribution is 0.188. The van der Waals surface area contributed by atoms with Gasteiger partial charge in [0.1, 0.15) is 18.2 Å². The number of nitrogens with zero attached hydrogens (tertiary/aromatic N) is 5. The number of hydrogen-bond donors (Lipinski definition) is 1. The number of ether oxygens (including phenoxy) is 1. The van der Waals surface area contributed by atoms with Crippen LogP contribution in [0.4, 0.5) is 15.8 Å². The zero-order chi connectivity index (χ0) is 22.5. The topological polar surface area (TPSA) is 61.6 Å². The summed E-state index contributed by atoms with van der Waals surface area (Å²) >= 11 is 0. The van der Waals surface area contributed by atoms with Crippen LogP contribution in [0.3, 0.4) is 0 Å². The molecule has 164 valence electrons. The Morgan fingerprint density at radius 1 is 1.18 bits per heavy atom. The van der Waals surface area contributed by atoms with Crippen molar-refractivity contribution in [3.63, 3.8) is 0 Å². The molecule has 2 aliphatic heterocycles. The van der Waals surface area contributed by atoms with Crippen molar-refractivity contribution in [2.24, 2.45) is 0 Å². The lowest BCUT2D eigenvalue weighted by Crippen LogP contribution is -2.56. The molecule has 4 aromatic rings. The van der Waals surface area contributed by atoms with Crippen LogP contribution in [0.1, 0.15) is 0 Å². The van der Waals surface area contributed by atoms with Gasteiger partial charge in [-0.3, -0.25) is 10.1 Å². The summed E-state index contributed by atoms with van der Waals surface area (Å²) < 4.78 is 20.6. The number of benzene rings is 2. The minimum absolute atomic E-state index is 0.160. The van der Waals surface area contributed by atoms with Crippen molar-refractivity contribution in [3.8, 4) is 28.3 Å². The molecule has 1 fully saturated rings. The van der Waals surface area contributed by atoms with Gasteiger partial charge in [0, 0.05) is 42.3 Å². The summed E-state index contributed by atoms with van der Waals surface area (Å²) in [6.07, 6.45) is 1.53. The summed E-state index contributed by atoms with van der Waals surface area (Å²) in [4.78, 5) is 12.5. The second-order valence-corrected chi connectivity index (χ2v) is 8.54. The Kier molecular flexibility index (Phi) is 4.52. The largest absolute Gasteiger partial charge is 0.489 e. The van der Waals surface area contributed by atoms with Crippen LogP contribution in [0.25, 0.3) is 38.3 Å². The first-order chi connectivity index (χ1) is 16.1. The number of pyridine rings is 1. The Morgan fingerprint density at radius 3 is 2.94 bits per heavy atom. The van der Waals surface area contributed by atoms with Gasteiger partial charge in [-0.05, 0) is 37.4 Å². The van der Waals surface area contributed by atoms with Gasteiger partial charge in [-0.2, -0.15) is 5.10 Å². The molecule has 1 saturated heterocycles. The zero-order valence-corrected chi connectivity index (χ0v) is 18.0. The minimum atomic E-state index is -0.462. The molecule has 0 radical (unpaired) electrons. The molecule has 0 bridgehead atoms. The number of halogens is 1. The lowest BCUT2D eigenvalue weighted by Gasteiger charge is -2.44. The van der Waals surface area contributed by atoms with E-state index in [1.54, 1.807) is 12.1 Å². The van der Waals surface area contributed by atoms with E-state index >= 15 is 0 Å². The van der Waals surface area contributed by atoms with E-state index in [4.69, 9.17) is 11.3 Å². The fourth-order valence-corrected chi connectivity index (χ4v) is 4.81. The Bertz CT molecular complexity index is 1420. The van der Waals surface area contributed by atoms with Gasteiger partial charge >= 0.3 is 0 Å². The van der Waals surface area contributed by atoms with E-state index in [9.17, 15) is 4.39 Å². The Balaban J connectivity index is 1.45. The van der Waals surface area contributed by atoms with E-state index < -0.39 is 5.82 Å². The molecule has 2 aromatic heterocycles. The first kappa shape index (κ1) is 19.7. The SMILES string of the molecule is [C-]#[N+]c1cc2[nH]nc(-c3ccc4c(c3)OCC3CN(C)CCN43)c2cc1-c1ncccc1F. The minimum Gasteiger partial charge on any atom is -0.489 e. The summed E-state index contributed by atoms with van der Waals surface area (Å²) in [5, 5.41) is 8.34. The van der Waals surface area contributed by atoms with Crippen LogP contribution in [0.2, 0.25) is 0 Å². The van der Waals surface area contributed by atoms with Gasteiger partial charge in [0.15, 0.2) is 5.69 Å². The Morgan fingerprint density at radius 2 is 2.09 bits per heavy atom. The number of piperazine rings is 1. The van der Waals surface area contributed by atoms with E-state index in [-0.39, 0.29) is 5.69 Å². The summed E-state index contributed by atoms with van der Waals surface area (Å²) in [6, 6.07) is 12.9. The summed E-state index contributed by atoms with van der Waals surface area (Å²) in [5.41, 5.74) is 4.38. The van der Waals surface area contributed by atoms with Gasteiger partial charge in [-0.25, -0.2) is 9.24 Å². The van der Waals surface area contributed by atoms with Crippen LogP contribution in [0.5, 0.6) is 5.75 Å². The number of hydrogen-bond acceptors (Lipinski definition) is 5. The molecule has 7 nitrogen and oxygen atoms in total. The van der Waals surface area contributed by atoms with Gasteiger partial charge in [-0.15, -0.1) is 0 Å². The number of likely N-dealkylation sites (N-methyl/N-ethyl adjacent to an activating group) is 1. The van der Waals surface area contributed by atoms with Crippen LogP contribution in [-0.2, 0) is 0 Å². The van der Waals surface area contributed by atoms with Crippen LogP contribution >= 0.6 is 0 Å². The molecule has 2 aromatic carbocycles. The predicted molar refractivity (Wildman–Crippen MR) is 125 cm³/mol. The number of nitrogens with one attached hydrogen (secondary N) is 1. The van der Waals surface area contributed by atoms with E-state index in [1.165, 1.54) is 18.3 Å². The normalized spacial score (nSPS) is 17.8. The van der Waals surface area contributed by atoms with Gasteiger partial charge in [0.25, 0.3) is 0 Å². The summed E-state index contributed by atoms with van der Waals surface area (Å²) in [5.74, 6) is 0.383. The van der Waals surface area contributed by atoms with Crippen molar-refractivity contribution < 1.29 is 9.13 Å². The number of aromatic amines is 1. The molecular weight excluding hydrogens is 419 g/mol. The summed E-state index contributed by atoms with van der Waals surface area (Å²) in [6.45, 7) is 11.2. The quantitative estimate of drug-likeness (QED) is 0.465. The molecule has 33 heavy (non-hydrogen) atoms. The Hall–Kier alpha value is -3.96. The van der Waals surface area contributed by atoms with Crippen molar-refractivity contribution in [1.29, 1.82) is 0 Å². The van der Waals surface area contributed by atoms with Crippen LogP contribution in [0, 0.1) is 12.4 Å². The summed E-state index contributed by atoms with van der Waals surface area (Å²) in [7, 11) is 2.14. The fraction of sp³-hybridized carbons (Fsp3) is 0.240. The monoisotopic (exact) mass is 440 g/mol. The lowest BCUT2D eigenvalue weighted by atomic mass is 10.0. The fourth-order valence-electron chi connectivity index (χ4n) is 4.81. The first-order valence-corrected chi connectivity index (χ1v) is 10.9. The predicted octanol–water partition coefficient (Wildman–Crippen LogP) is 4.49. The first-order valence-electron chi connectivity index (χ1n) is 10.9. The number of anilines is 1. The highest BCUT2D eigenvalue weighted by Gasteiger charge is 2.32. The standard InChI is InChI=1S/C25H21FN6O/c1-27-20-12-21-18(11-17(20)25-19(26)4-3-7-28-25)24(30-29-21)15-5-6-22-23(10-15)33-14-16-13-31(2)8-9-32(16)22/h3-7,10-12,16H,8-9,13-14H2,2H3,(H,29,30). The molecule has 1 N–H and O–H groups in total. The van der Waals surface area contributed by atoms with Crippen molar-refractivity contribution >= 4 is 22.3 Å². The van der Waals surface area contributed by atoms with Crippen LogP contribution in [0.15, 0.2) is 48.7 Å². The molecule has 0 saturated carbocycles. The van der Waals surface area contributed by atoms with E-state index in [2.05, 4.69) is 42.9 Å². The third-order valence-electron chi connectivity index (χ3n) is 6.47. The van der Waals surface area contributed by atoms with Gasteiger partial charge in [-0.1, -0.05) is 12.1 Å². The molecule has 2 aliphatic rings. The maximum Gasteiger partial charge on any atom is 0.198 e. The molecule has 6 rings (SSSR count). The van der Waals surface area contributed by atoms with Crippen LogP contribution < -0.4 is 9.64 Å².